The van der Waals surface area contributed by atoms with Crippen LogP contribution in [0, 0.1) is 0 Å². The number of carboxylic acids is 1. The third-order valence-corrected chi connectivity index (χ3v) is 3.61. The number of methoxy groups -OCH3 is 1. The lowest BCUT2D eigenvalue weighted by molar-refractivity contribution is -0.142. The molecular weight excluding hydrogens is 338 g/mol. The molecule has 0 aliphatic rings. The molecule has 0 aliphatic carbocycles. The van der Waals surface area contributed by atoms with Gasteiger partial charge in [0, 0.05) is 24.2 Å². The van der Waals surface area contributed by atoms with Crippen molar-refractivity contribution in [3.8, 4) is 5.75 Å². The van der Waals surface area contributed by atoms with Crippen molar-refractivity contribution in [3.05, 3.63) is 29.3 Å². The van der Waals surface area contributed by atoms with Gasteiger partial charge >= 0.3 is 5.97 Å². The maximum absolute atomic E-state index is 12.3. The van der Waals surface area contributed by atoms with E-state index in [1.54, 1.807) is 18.2 Å². The van der Waals surface area contributed by atoms with E-state index in [-0.39, 0.29) is 30.8 Å². The Morgan fingerprint density at radius 1 is 1.23 bits per heavy atom. The summed E-state index contributed by atoms with van der Waals surface area (Å²) >= 11 is 0. The molecule has 7 heteroatoms. The molecule has 1 aromatic carbocycles. The fourth-order valence-electron chi connectivity index (χ4n) is 2.29. The quantitative estimate of drug-likeness (QED) is 0.651. The van der Waals surface area contributed by atoms with E-state index in [0.29, 0.717) is 16.9 Å². The van der Waals surface area contributed by atoms with Crippen LogP contribution in [0.1, 0.15) is 50.0 Å². The van der Waals surface area contributed by atoms with E-state index in [0.717, 1.165) is 0 Å². The maximum Gasteiger partial charge on any atom is 0.326 e. The van der Waals surface area contributed by atoms with E-state index in [1.807, 2.05) is 20.8 Å². The molecule has 144 valence electrons. The molecule has 2 N–H and O–H groups in total. The van der Waals surface area contributed by atoms with Gasteiger partial charge in [0.25, 0.3) is 0 Å². The summed E-state index contributed by atoms with van der Waals surface area (Å²) in [6.07, 6.45) is 0.0666. The molecule has 7 nitrogen and oxygen atoms in total. The number of carbonyl (C=O) groups is 3. The second-order valence-corrected chi connectivity index (χ2v) is 6.97. The van der Waals surface area contributed by atoms with E-state index in [1.165, 1.54) is 14.0 Å². The van der Waals surface area contributed by atoms with Gasteiger partial charge in [-0.1, -0.05) is 0 Å². The number of ether oxygens (including phenoxy) is 2. The minimum absolute atomic E-state index is 0.0891. The summed E-state index contributed by atoms with van der Waals surface area (Å²) in [4.78, 5) is 35.2. The van der Waals surface area contributed by atoms with Gasteiger partial charge in [0.15, 0.2) is 5.78 Å². The number of amides is 1. The summed E-state index contributed by atoms with van der Waals surface area (Å²) in [5.74, 6) is -1.25. The molecule has 0 radical (unpaired) electrons. The van der Waals surface area contributed by atoms with Crippen molar-refractivity contribution >= 4 is 17.7 Å². The number of carbonyl (C=O) groups excluding carboxylic acids is 2. The first kappa shape index (κ1) is 21.6. The van der Waals surface area contributed by atoms with Crippen molar-refractivity contribution in [2.45, 2.75) is 52.2 Å². The zero-order chi connectivity index (χ0) is 19.9. The summed E-state index contributed by atoms with van der Waals surface area (Å²) in [5, 5.41) is 11.8. The second kappa shape index (κ2) is 9.33. The molecule has 0 aliphatic heterocycles. The molecule has 1 rings (SSSR count). The van der Waals surface area contributed by atoms with Crippen LogP contribution in [0.4, 0.5) is 0 Å². The Kier molecular flexibility index (Phi) is 7.76. The van der Waals surface area contributed by atoms with Crippen LogP contribution >= 0.6 is 0 Å². The van der Waals surface area contributed by atoms with E-state index >= 15 is 0 Å². The monoisotopic (exact) mass is 365 g/mol. The molecule has 1 aromatic rings. The van der Waals surface area contributed by atoms with E-state index in [2.05, 4.69) is 5.32 Å². The van der Waals surface area contributed by atoms with Crippen LogP contribution in [0.5, 0.6) is 5.75 Å². The minimum Gasteiger partial charge on any atom is -0.496 e. The molecule has 0 saturated carbocycles. The number of aliphatic carboxylic acids is 1. The van der Waals surface area contributed by atoms with Gasteiger partial charge in [-0.25, -0.2) is 4.79 Å². The van der Waals surface area contributed by atoms with Gasteiger partial charge in [-0.2, -0.15) is 0 Å². The number of nitrogens with one attached hydrogen (secondary N) is 1. The average Bonchev–Trinajstić information content (AvgIpc) is 2.52. The Morgan fingerprint density at radius 3 is 2.38 bits per heavy atom. The lowest BCUT2D eigenvalue weighted by atomic mass is 10.0. The molecule has 1 amide bonds. The van der Waals surface area contributed by atoms with Crippen molar-refractivity contribution in [1.29, 1.82) is 0 Å². The number of ketones is 1. The van der Waals surface area contributed by atoms with Crippen LogP contribution in [-0.2, 0) is 20.7 Å². The molecule has 0 fully saturated rings. The third-order valence-electron chi connectivity index (χ3n) is 3.61. The van der Waals surface area contributed by atoms with Crippen molar-refractivity contribution in [2.75, 3.05) is 13.7 Å². The summed E-state index contributed by atoms with van der Waals surface area (Å²) in [7, 11) is 1.47. The summed E-state index contributed by atoms with van der Waals surface area (Å²) < 4.78 is 10.7. The average molecular weight is 365 g/mol. The SMILES string of the molecule is COc1ccc(C(C)=O)cc1CC(=O)NC(CCOC(C)(C)C)C(=O)O. The van der Waals surface area contributed by atoms with Crippen molar-refractivity contribution < 1.29 is 29.0 Å². The van der Waals surface area contributed by atoms with E-state index in [9.17, 15) is 19.5 Å². The second-order valence-electron chi connectivity index (χ2n) is 6.97. The van der Waals surface area contributed by atoms with Crippen molar-refractivity contribution in [1.82, 2.24) is 5.32 Å². The molecular formula is C19H27NO6. The first-order valence-corrected chi connectivity index (χ1v) is 8.37. The summed E-state index contributed by atoms with van der Waals surface area (Å²) in [5.41, 5.74) is 0.600. The van der Waals surface area contributed by atoms with Gasteiger partial charge in [0.2, 0.25) is 5.91 Å². The van der Waals surface area contributed by atoms with Gasteiger partial charge in [-0.05, 0) is 45.9 Å². The van der Waals surface area contributed by atoms with Crippen LogP contribution in [0.2, 0.25) is 0 Å². The van der Waals surface area contributed by atoms with Gasteiger partial charge in [0.1, 0.15) is 11.8 Å². The van der Waals surface area contributed by atoms with Crippen molar-refractivity contribution in [3.63, 3.8) is 0 Å². The normalized spacial score (nSPS) is 12.3. The first-order chi connectivity index (χ1) is 12.0. The predicted molar refractivity (Wildman–Crippen MR) is 96.6 cm³/mol. The van der Waals surface area contributed by atoms with Gasteiger partial charge < -0.3 is 19.9 Å². The Balaban J connectivity index is 2.77. The summed E-state index contributed by atoms with van der Waals surface area (Å²) in [6.45, 7) is 7.26. The Hall–Kier alpha value is -2.41. The lowest BCUT2D eigenvalue weighted by Crippen LogP contribution is -2.42. The van der Waals surface area contributed by atoms with Gasteiger partial charge in [-0.15, -0.1) is 0 Å². The molecule has 0 aromatic heterocycles. The summed E-state index contributed by atoms with van der Waals surface area (Å²) in [6, 6.07) is 3.77. The van der Waals surface area contributed by atoms with E-state index < -0.39 is 17.9 Å². The van der Waals surface area contributed by atoms with Gasteiger partial charge in [0.05, 0.1) is 19.1 Å². The highest BCUT2D eigenvalue weighted by Crippen LogP contribution is 2.21. The number of hydrogen-bond donors (Lipinski definition) is 2. The largest absolute Gasteiger partial charge is 0.496 e. The zero-order valence-electron chi connectivity index (χ0n) is 15.9. The smallest absolute Gasteiger partial charge is 0.326 e. The topological polar surface area (TPSA) is 102 Å². The molecule has 0 bridgehead atoms. The lowest BCUT2D eigenvalue weighted by Gasteiger charge is -2.21. The third kappa shape index (κ3) is 7.23. The Labute approximate surface area is 153 Å². The van der Waals surface area contributed by atoms with Gasteiger partial charge in [-0.3, -0.25) is 9.59 Å². The fraction of sp³-hybridized carbons (Fsp3) is 0.526. The van der Waals surface area contributed by atoms with Crippen LogP contribution in [0.15, 0.2) is 18.2 Å². The molecule has 0 heterocycles. The number of hydrogen-bond acceptors (Lipinski definition) is 5. The number of carboxylic acid groups (broad SMARTS) is 1. The Bertz CT molecular complexity index is 662. The molecule has 26 heavy (non-hydrogen) atoms. The number of benzene rings is 1. The van der Waals surface area contributed by atoms with Crippen LogP contribution in [-0.4, -0.2) is 48.1 Å². The highest BCUT2D eigenvalue weighted by molar-refractivity contribution is 5.95. The first-order valence-electron chi connectivity index (χ1n) is 8.37. The Morgan fingerprint density at radius 2 is 1.88 bits per heavy atom. The molecule has 1 unspecified atom stereocenters. The molecule has 0 saturated heterocycles. The van der Waals surface area contributed by atoms with Crippen molar-refractivity contribution in [2.24, 2.45) is 0 Å². The number of rotatable bonds is 9. The van der Waals surface area contributed by atoms with Crippen LogP contribution in [0.3, 0.4) is 0 Å². The van der Waals surface area contributed by atoms with E-state index in [4.69, 9.17) is 9.47 Å². The van der Waals surface area contributed by atoms with Crippen LogP contribution in [0.25, 0.3) is 0 Å². The zero-order valence-corrected chi connectivity index (χ0v) is 15.9. The number of Topliss-reactive ketones (excluding diaryl/α,β-unsaturated/α-hetero) is 1. The molecule has 1 atom stereocenters. The molecule has 0 spiro atoms. The predicted octanol–water partition coefficient (Wildman–Crippen LogP) is 2.21. The minimum atomic E-state index is -1.12. The standard InChI is InChI=1S/C19H27NO6/c1-12(21)13-6-7-16(25-5)14(10-13)11-17(22)20-15(18(23)24)8-9-26-19(2,3)4/h6-7,10,15H,8-9,11H2,1-5H3,(H,20,22)(H,23,24). The highest BCUT2D eigenvalue weighted by Gasteiger charge is 2.22. The fourth-order valence-corrected chi connectivity index (χ4v) is 2.29. The van der Waals surface area contributed by atoms with Crippen LogP contribution < -0.4 is 10.1 Å². The highest BCUT2D eigenvalue weighted by atomic mass is 16.5. The maximum atomic E-state index is 12.3.